The summed E-state index contributed by atoms with van der Waals surface area (Å²) in [4.78, 5) is 12.4. The Morgan fingerprint density at radius 3 is 1.79 bits per heavy atom. The average Bonchev–Trinajstić information content (AvgIpc) is 2.68. The van der Waals surface area contributed by atoms with Crippen LogP contribution in [0.25, 0.3) is 0 Å². The molecular weight excluding hydrogens is 384 g/mol. The molecule has 166 valence electrons. The van der Waals surface area contributed by atoms with Gasteiger partial charge in [0, 0.05) is 5.92 Å². The second kappa shape index (κ2) is 9.82. The summed E-state index contributed by atoms with van der Waals surface area (Å²) < 4.78 is 56.6. The van der Waals surface area contributed by atoms with Gasteiger partial charge in [-0.3, -0.25) is 4.79 Å². The van der Waals surface area contributed by atoms with Gasteiger partial charge in [0.05, 0.1) is 12.0 Å². The van der Waals surface area contributed by atoms with E-state index in [1.807, 2.05) is 0 Å². The fourth-order valence-electron chi connectivity index (χ4n) is 5.57. The molecule has 3 fully saturated rings. The van der Waals surface area contributed by atoms with Crippen LogP contribution in [0.5, 0.6) is 0 Å². The van der Waals surface area contributed by atoms with Crippen LogP contribution in [0.1, 0.15) is 84.0 Å². The highest BCUT2D eigenvalue weighted by Gasteiger charge is 2.35. The molecule has 0 unspecified atom stereocenters. The van der Waals surface area contributed by atoms with Gasteiger partial charge in [-0.25, -0.2) is 4.39 Å². The maximum atomic E-state index is 13.8. The molecule has 0 aromatic carbocycles. The van der Waals surface area contributed by atoms with Crippen molar-refractivity contribution >= 4 is 5.97 Å². The van der Waals surface area contributed by atoms with Crippen LogP contribution >= 0.6 is 0 Å². The fourth-order valence-corrected chi connectivity index (χ4v) is 5.57. The average molecular weight is 419 g/mol. The fraction of sp³-hybridized carbons (Fsp3) is 0.870. The van der Waals surface area contributed by atoms with Gasteiger partial charge in [-0.05, 0) is 94.8 Å². The lowest BCUT2D eigenvalue weighted by atomic mass is 9.70. The van der Waals surface area contributed by atoms with Crippen LogP contribution in [-0.2, 0) is 9.53 Å². The lowest BCUT2D eigenvalue weighted by Crippen LogP contribution is -2.32. The minimum atomic E-state index is -4.58. The molecular formula is C23H34F4O2. The molecule has 0 aromatic rings. The van der Waals surface area contributed by atoms with Crippen molar-refractivity contribution in [2.24, 2.45) is 29.6 Å². The van der Waals surface area contributed by atoms with Crippen molar-refractivity contribution in [3.05, 3.63) is 11.9 Å². The standard InChI is InChI=1S/C23H34F4O2/c1-15-2-4-19(5-3-15)22(28)29-20-12-10-17(11-13-20)16-6-8-18(9-7-16)21(24)14-23(25,26)27/h14-20H,2-13H2,1H3/b21-14-. The van der Waals surface area contributed by atoms with E-state index in [2.05, 4.69) is 6.92 Å². The van der Waals surface area contributed by atoms with Crippen molar-refractivity contribution in [1.82, 2.24) is 0 Å². The van der Waals surface area contributed by atoms with Crippen molar-refractivity contribution in [3.8, 4) is 0 Å². The van der Waals surface area contributed by atoms with E-state index in [0.29, 0.717) is 30.6 Å². The van der Waals surface area contributed by atoms with Crippen LogP contribution in [0.3, 0.4) is 0 Å². The molecule has 3 saturated carbocycles. The summed E-state index contributed by atoms with van der Waals surface area (Å²) in [6.07, 6.45) is 5.68. The van der Waals surface area contributed by atoms with Gasteiger partial charge in [0.2, 0.25) is 0 Å². The number of allylic oxidation sites excluding steroid dienone is 2. The number of halogens is 4. The minimum absolute atomic E-state index is 0.0154. The third-order valence-electron chi connectivity index (χ3n) is 7.48. The van der Waals surface area contributed by atoms with Crippen molar-refractivity contribution in [2.75, 3.05) is 0 Å². The number of rotatable bonds is 4. The molecule has 6 heteroatoms. The molecule has 3 aliphatic rings. The number of ether oxygens (including phenoxy) is 1. The number of carbonyl (C=O) groups is 1. The Morgan fingerprint density at radius 1 is 0.793 bits per heavy atom. The zero-order valence-electron chi connectivity index (χ0n) is 17.4. The Hall–Kier alpha value is -1.07. The molecule has 2 nitrogen and oxygen atoms in total. The molecule has 0 saturated heterocycles. The smallest absolute Gasteiger partial charge is 0.412 e. The molecule has 3 rings (SSSR count). The Bertz CT molecular complexity index is 562. The number of hydrogen-bond acceptors (Lipinski definition) is 2. The monoisotopic (exact) mass is 418 g/mol. The van der Waals surface area contributed by atoms with E-state index >= 15 is 0 Å². The SMILES string of the molecule is CC1CCC(C(=O)OC2CCC(C3CCC(/C(F)=C/C(F)(F)F)CC3)CC2)CC1. The second-order valence-electron chi connectivity index (χ2n) is 9.61. The predicted molar refractivity (Wildman–Crippen MR) is 104 cm³/mol. The molecule has 0 N–H and O–H groups in total. The largest absolute Gasteiger partial charge is 0.462 e. The molecule has 0 radical (unpaired) electrons. The van der Waals surface area contributed by atoms with Crippen molar-refractivity contribution < 1.29 is 27.1 Å². The van der Waals surface area contributed by atoms with E-state index in [0.717, 1.165) is 64.2 Å². The Morgan fingerprint density at radius 2 is 1.28 bits per heavy atom. The maximum absolute atomic E-state index is 13.8. The van der Waals surface area contributed by atoms with E-state index in [1.165, 1.54) is 0 Å². The molecule has 3 aliphatic carbocycles. The van der Waals surface area contributed by atoms with E-state index in [4.69, 9.17) is 4.74 Å². The summed E-state index contributed by atoms with van der Waals surface area (Å²) in [5.41, 5.74) is 0. The summed E-state index contributed by atoms with van der Waals surface area (Å²) in [5, 5.41) is 0. The van der Waals surface area contributed by atoms with Gasteiger partial charge in [-0.15, -0.1) is 0 Å². The van der Waals surface area contributed by atoms with E-state index in [1.54, 1.807) is 0 Å². The molecule has 0 aliphatic heterocycles. The van der Waals surface area contributed by atoms with Crippen LogP contribution in [0.2, 0.25) is 0 Å². The third kappa shape index (κ3) is 6.71. The number of hydrogen-bond donors (Lipinski definition) is 0. The van der Waals surface area contributed by atoms with Gasteiger partial charge in [-0.1, -0.05) is 6.92 Å². The van der Waals surface area contributed by atoms with Gasteiger partial charge in [0.1, 0.15) is 11.9 Å². The quantitative estimate of drug-likeness (QED) is 0.358. The Balaban J connectivity index is 1.38. The topological polar surface area (TPSA) is 26.3 Å². The lowest BCUT2D eigenvalue weighted by Gasteiger charge is -2.37. The summed E-state index contributed by atoms with van der Waals surface area (Å²) in [6.45, 7) is 2.23. The van der Waals surface area contributed by atoms with Crippen LogP contribution in [0, 0.1) is 29.6 Å². The lowest BCUT2D eigenvalue weighted by molar-refractivity contribution is -0.157. The predicted octanol–water partition coefficient (Wildman–Crippen LogP) is 7.14. The first-order chi connectivity index (χ1) is 13.7. The van der Waals surface area contributed by atoms with E-state index < -0.39 is 17.9 Å². The van der Waals surface area contributed by atoms with Crippen molar-refractivity contribution in [3.63, 3.8) is 0 Å². The van der Waals surface area contributed by atoms with Gasteiger partial charge >= 0.3 is 12.1 Å². The molecule has 0 heterocycles. The van der Waals surface area contributed by atoms with Crippen LogP contribution in [-0.4, -0.2) is 18.2 Å². The van der Waals surface area contributed by atoms with Crippen LogP contribution in [0.15, 0.2) is 11.9 Å². The van der Waals surface area contributed by atoms with Gasteiger partial charge in [0.15, 0.2) is 0 Å². The van der Waals surface area contributed by atoms with Gasteiger partial charge in [0.25, 0.3) is 0 Å². The molecule has 0 atom stereocenters. The first-order valence-corrected chi connectivity index (χ1v) is 11.4. The normalized spacial score (nSPS) is 37.2. The molecule has 0 aromatic heterocycles. The number of alkyl halides is 3. The zero-order valence-corrected chi connectivity index (χ0v) is 17.4. The Kier molecular flexibility index (Phi) is 7.66. The highest BCUT2D eigenvalue weighted by atomic mass is 19.4. The number of esters is 1. The molecule has 29 heavy (non-hydrogen) atoms. The van der Waals surface area contributed by atoms with Crippen molar-refractivity contribution in [1.29, 1.82) is 0 Å². The Labute approximate surface area is 171 Å². The number of carbonyl (C=O) groups excluding carboxylic acids is 1. The maximum Gasteiger partial charge on any atom is 0.412 e. The van der Waals surface area contributed by atoms with E-state index in [9.17, 15) is 22.4 Å². The van der Waals surface area contributed by atoms with Gasteiger partial charge < -0.3 is 4.74 Å². The first kappa shape index (κ1) is 22.6. The van der Waals surface area contributed by atoms with E-state index in [-0.39, 0.29) is 24.1 Å². The molecule has 0 amide bonds. The molecule has 0 spiro atoms. The summed E-state index contributed by atoms with van der Waals surface area (Å²) in [6, 6.07) is 0. The molecule has 0 bridgehead atoms. The highest BCUT2D eigenvalue weighted by molar-refractivity contribution is 5.72. The third-order valence-corrected chi connectivity index (χ3v) is 7.48. The first-order valence-electron chi connectivity index (χ1n) is 11.4. The van der Waals surface area contributed by atoms with Gasteiger partial charge in [-0.2, -0.15) is 13.2 Å². The summed E-state index contributed by atoms with van der Waals surface area (Å²) >= 11 is 0. The second-order valence-corrected chi connectivity index (χ2v) is 9.61. The zero-order chi connectivity index (χ0) is 21.0. The van der Waals surface area contributed by atoms with Crippen LogP contribution < -0.4 is 0 Å². The summed E-state index contributed by atoms with van der Waals surface area (Å²) in [7, 11) is 0. The minimum Gasteiger partial charge on any atom is -0.462 e. The highest BCUT2D eigenvalue weighted by Crippen LogP contribution is 2.43. The van der Waals surface area contributed by atoms with Crippen LogP contribution in [0.4, 0.5) is 17.6 Å². The van der Waals surface area contributed by atoms with Crippen molar-refractivity contribution in [2.45, 2.75) is 96.3 Å². The summed E-state index contributed by atoms with van der Waals surface area (Å²) in [5.74, 6) is 0.151.